The Balaban J connectivity index is 1.76. The minimum Gasteiger partial charge on any atom is -0.382 e. The van der Waals surface area contributed by atoms with Gasteiger partial charge in [0.05, 0.1) is 5.71 Å². The van der Waals surface area contributed by atoms with Gasteiger partial charge in [-0.3, -0.25) is 9.59 Å². The minimum absolute atomic E-state index is 0.0589. The zero-order chi connectivity index (χ0) is 16.7. The topological polar surface area (TPSA) is 79.8 Å². The molecule has 2 amide bonds. The molecule has 1 unspecified atom stereocenters. The number of rotatable bonds is 7. The third kappa shape index (κ3) is 4.81. The summed E-state index contributed by atoms with van der Waals surface area (Å²) in [4.78, 5) is 28.8. The largest absolute Gasteiger partial charge is 0.382 e. The van der Waals surface area contributed by atoms with Gasteiger partial charge >= 0.3 is 0 Å². The van der Waals surface area contributed by atoms with Crippen LogP contribution in [0.1, 0.15) is 37.3 Å². The summed E-state index contributed by atoms with van der Waals surface area (Å²) in [5.41, 5.74) is 2.88. The average Bonchev–Trinajstić information content (AvgIpc) is 3.03. The van der Waals surface area contributed by atoms with E-state index in [1.54, 1.807) is 0 Å². The highest BCUT2D eigenvalue weighted by molar-refractivity contribution is 6.05. The van der Waals surface area contributed by atoms with Crippen LogP contribution < -0.4 is 10.6 Å². The zero-order valence-corrected chi connectivity index (χ0v) is 13.6. The lowest BCUT2D eigenvalue weighted by molar-refractivity contribution is -0.131. The molecule has 23 heavy (non-hydrogen) atoms. The van der Waals surface area contributed by atoms with E-state index in [1.807, 2.05) is 38.1 Å². The number of carbonyl (C=O) groups excluding carboxylic acids is 2. The molecule has 1 heterocycles. The lowest BCUT2D eigenvalue weighted by Crippen LogP contribution is -2.37. The van der Waals surface area contributed by atoms with E-state index in [9.17, 15) is 9.59 Å². The van der Waals surface area contributed by atoms with Gasteiger partial charge in [0, 0.05) is 31.5 Å². The molecule has 0 saturated heterocycles. The highest BCUT2D eigenvalue weighted by Crippen LogP contribution is 2.19. The van der Waals surface area contributed by atoms with E-state index in [2.05, 4.69) is 15.8 Å². The Labute approximate surface area is 136 Å². The van der Waals surface area contributed by atoms with Gasteiger partial charge < -0.3 is 15.5 Å². The Morgan fingerprint density at radius 1 is 1.26 bits per heavy atom. The van der Waals surface area contributed by atoms with Gasteiger partial charge in [0.2, 0.25) is 12.0 Å². The summed E-state index contributed by atoms with van der Waals surface area (Å²) in [6, 6.07) is 7.87. The molecule has 0 fully saturated rings. The molecule has 1 aliphatic heterocycles. The highest BCUT2D eigenvalue weighted by atomic mass is 16.6. The van der Waals surface area contributed by atoms with E-state index in [4.69, 9.17) is 4.84 Å². The normalized spacial score (nSPS) is 16.4. The molecule has 0 saturated carbocycles. The summed E-state index contributed by atoms with van der Waals surface area (Å²) in [5.74, 6) is -0.294. The number of hydrogen-bond donors (Lipinski definition) is 2. The number of hydrogen-bond acceptors (Lipinski definition) is 4. The number of benzene rings is 1. The Hall–Kier alpha value is -2.37. The first-order chi connectivity index (χ1) is 11.1. The van der Waals surface area contributed by atoms with Gasteiger partial charge in [0.15, 0.2) is 0 Å². The summed E-state index contributed by atoms with van der Waals surface area (Å²) >= 11 is 0. The third-order valence-corrected chi connectivity index (χ3v) is 3.64. The first-order valence-corrected chi connectivity index (χ1v) is 7.95. The number of aryl methyl sites for hydroxylation is 1. The average molecular weight is 317 g/mol. The Bertz CT molecular complexity index is 599. The van der Waals surface area contributed by atoms with Crippen molar-refractivity contribution in [3.8, 4) is 0 Å². The Kier molecular flexibility index (Phi) is 6.14. The minimum atomic E-state index is -0.622. The molecule has 0 radical (unpaired) electrons. The molecule has 6 heteroatoms. The number of nitrogens with one attached hydrogen (secondary N) is 2. The van der Waals surface area contributed by atoms with Crippen LogP contribution in [0, 0.1) is 6.92 Å². The van der Waals surface area contributed by atoms with Crippen LogP contribution in [0.3, 0.4) is 0 Å². The molecule has 1 aromatic carbocycles. The van der Waals surface area contributed by atoms with Crippen LogP contribution in [-0.4, -0.2) is 36.7 Å². The molecule has 0 aliphatic carbocycles. The van der Waals surface area contributed by atoms with E-state index in [-0.39, 0.29) is 18.2 Å². The van der Waals surface area contributed by atoms with Gasteiger partial charge in [-0.15, -0.1) is 0 Å². The molecule has 124 valence electrons. The number of oxime groups is 1. The predicted octanol–water partition coefficient (Wildman–Crippen LogP) is 1.52. The van der Waals surface area contributed by atoms with E-state index in [0.717, 1.165) is 23.3 Å². The number of amides is 2. The van der Waals surface area contributed by atoms with Crippen LogP contribution in [-0.2, 0) is 14.4 Å². The maximum atomic E-state index is 12.1. The van der Waals surface area contributed by atoms with E-state index in [1.165, 1.54) is 0 Å². The van der Waals surface area contributed by atoms with Crippen LogP contribution in [0.15, 0.2) is 29.4 Å². The third-order valence-electron chi connectivity index (χ3n) is 3.64. The molecule has 6 nitrogen and oxygen atoms in total. The van der Waals surface area contributed by atoms with Gasteiger partial charge in [-0.2, -0.15) is 0 Å². The molecule has 1 aliphatic rings. The van der Waals surface area contributed by atoms with Crippen molar-refractivity contribution in [2.75, 3.05) is 13.1 Å². The van der Waals surface area contributed by atoms with Crippen molar-refractivity contribution >= 4 is 17.5 Å². The Morgan fingerprint density at radius 3 is 2.78 bits per heavy atom. The van der Waals surface area contributed by atoms with E-state index < -0.39 is 6.10 Å². The van der Waals surface area contributed by atoms with Crippen molar-refractivity contribution in [3.63, 3.8) is 0 Å². The summed E-state index contributed by atoms with van der Waals surface area (Å²) in [5, 5.41) is 9.52. The second kappa shape index (κ2) is 8.31. The molecule has 2 N–H and O–H groups in total. The SMILES string of the molecule is CCCNC(=O)CCNC(=O)C1CC(c2ccccc2C)=NO1. The molecular formula is C17H23N3O3. The van der Waals surface area contributed by atoms with Crippen molar-refractivity contribution in [1.82, 2.24) is 10.6 Å². The second-order valence-electron chi connectivity index (χ2n) is 5.54. The van der Waals surface area contributed by atoms with Crippen molar-refractivity contribution < 1.29 is 14.4 Å². The molecule has 0 aromatic heterocycles. The summed E-state index contributed by atoms with van der Waals surface area (Å²) < 4.78 is 0. The van der Waals surface area contributed by atoms with Crippen molar-refractivity contribution in [1.29, 1.82) is 0 Å². The lowest BCUT2D eigenvalue weighted by atomic mass is 10.0. The predicted molar refractivity (Wildman–Crippen MR) is 88.1 cm³/mol. The van der Waals surface area contributed by atoms with Gasteiger partial charge in [-0.25, -0.2) is 0 Å². The Morgan fingerprint density at radius 2 is 2.04 bits per heavy atom. The summed E-state index contributed by atoms with van der Waals surface area (Å²) in [6.45, 7) is 4.95. The standard InChI is InChI=1S/C17H23N3O3/c1-3-9-18-16(21)8-10-19-17(22)15-11-14(20-23-15)13-7-5-4-6-12(13)2/h4-7,15H,3,8-11H2,1-2H3,(H,18,21)(H,19,22). The zero-order valence-electron chi connectivity index (χ0n) is 13.6. The molecule has 1 aromatic rings. The number of nitrogens with zero attached hydrogens (tertiary/aromatic N) is 1. The number of carbonyl (C=O) groups is 2. The highest BCUT2D eigenvalue weighted by Gasteiger charge is 2.29. The first kappa shape index (κ1) is 17.0. The first-order valence-electron chi connectivity index (χ1n) is 7.95. The van der Waals surface area contributed by atoms with Gasteiger partial charge in [0.1, 0.15) is 0 Å². The lowest BCUT2D eigenvalue weighted by Gasteiger charge is -2.09. The van der Waals surface area contributed by atoms with Crippen LogP contribution >= 0.6 is 0 Å². The molecule has 1 atom stereocenters. The van der Waals surface area contributed by atoms with Crippen LogP contribution in [0.5, 0.6) is 0 Å². The fraction of sp³-hybridized carbons (Fsp3) is 0.471. The van der Waals surface area contributed by atoms with Gasteiger partial charge in [-0.05, 0) is 18.9 Å². The molecule has 0 bridgehead atoms. The molecule has 0 spiro atoms. The maximum absolute atomic E-state index is 12.1. The van der Waals surface area contributed by atoms with Crippen molar-refractivity contribution in [3.05, 3.63) is 35.4 Å². The van der Waals surface area contributed by atoms with Crippen molar-refractivity contribution in [2.45, 2.75) is 39.2 Å². The summed E-state index contributed by atoms with van der Waals surface area (Å²) in [6.07, 6.45) is 0.985. The molecular weight excluding hydrogens is 294 g/mol. The van der Waals surface area contributed by atoms with Crippen LogP contribution in [0.25, 0.3) is 0 Å². The summed E-state index contributed by atoms with van der Waals surface area (Å²) in [7, 11) is 0. The van der Waals surface area contributed by atoms with E-state index in [0.29, 0.717) is 19.5 Å². The fourth-order valence-corrected chi connectivity index (χ4v) is 2.34. The monoisotopic (exact) mass is 317 g/mol. The smallest absolute Gasteiger partial charge is 0.264 e. The second-order valence-corrected chi connectivity index (χ2v) is 5.54. The van der Waals surface area contributed by atoms with Crippen LogP contribution in [0.4, 0.5) is 0 Å². The van der Waals surface area contributed by atoms with E-state index >= 15 is 0 Å². The van der Waals surface area contributed by atoms with Crippen LogP contribution in [0.2, 0.25) is 0 Å². The van der Waals surface area contributed by atoms with Gasteiger partial charge in [-0.1, -0.05) is 36.3 Å². The quantitative estimate of drug-likeness (QED) is 0.800. The van der Waals surface area contributed by atoms with Crippen molar-refractivity contribution in [2.24, 2.45) is 5.16 Å². The van der Waals surface area contributed by atoms with Gasteiger partial charge in [0.25, 0.3) is 5.91 Å². The fourth-order valence-electron chi connectivity index (χ4n) is 2.34. The maximum Gasteiger partial charge on any atom is 0.264 e. The molecule has 2 rings (SSSR count).